The van der Waals surface area contributed by atoms with E-state index in [1.54, 1.807) is 13.8 Å². The molecule has 0 saturated heterocycles. The maximum absolute atomic E-state index is 13.5. The fourth-order valence-corrected chi connectivity index (χ4v) is 1.38. The summed E-state index contributed by atoms with van der Waals surface area (Å²) >= 11 is 0. The van der Waals surface area contributed by atoms with Crippen LogP contribution in [0, 0.1) is 5.92 Å². The summed E-state index contributed by atoms with van der Waals surface area (Å²) in [4.78, 5) is 11.3. The molecule has 0 aromatic carbocycles. The summed E-state index contributed by atoms with van der Waals surface area (Å²) in [6.45, 7) is 7.51. The topological polar surface area (TPSA) is 82.8 Å². The van der Waals surface area contributed by atoms with Crippen molar-refractivity contribution in [2.45, 2.75) is 33.0 Å². The second-order valence-electron chi connectivity index (χ2n) is 5.12. The quantitative estimate of drug-likeness (QED) is 0.484. The van der Waals surface area contributed by atoms with E-state index in [4.69, 9.17) is 19.9 Å². The van der Waals surface area contributed by atoms with Crippen LogP contribution in [0.5, 0.6) is 0 Å². The third-order valence-corrected chi connectivity index (χ3v) is 2.57. The minimum absolute atomic E-state index is 0.0286. The molecule has 2 unspecified atom stereocenters. The number of halogens is 1. The number of nitrogens with two attached hydrogens (primary N) is 1. The summed E-state index contributed by atoms with van der Waals surface area (Å²) < 4.78 is 29.2. The standard InChI is InChI=1S/C14H29FN2O4/c1-11(2)14(18)17-8-13(15)10-20-9-12(3)21-7-6-19-5-4-16/h11-13H,4-10,16H2,1-3H3,(H,17,18). The van der Waals surface area contributed by atoms with Gasteiger partial charge in [0.05, 0.1) is 45.7 Å². The Morgan fingerprint density at radius 1 is 1.14 bits per heavy atom. The fraction of sp³-hybridized carbons (Fsp3) is 0.929. The van der Waals surface area contributed by atoms with Gasteiger partial charge in [-0.2, -0.15) is 0 Å². The van der Waals surface area contributed by atoms with Crippen molar-refractivity contribution in [1.29, 1.82) is 0 Å². The van der Waals surface area contributed by atoms with Crippen molar-refractivity contribution in [1.82, 2.24) is 5.32 Å². The largest absolute Gasteiger partial charge is 0.378 e. The lowest BCUT2D eigenvalue weighted by molar-refractivity contribution is -0.124. The number of carbonyl (C=O) groups is 1. The minimum Gasteiger partial charge on any atom is -0.378 e. The summed E-state index contributed by atoms with van der Waals surface area (Å²) in [5.41, 5.74) is 5.28. The smallest absolute Gasteiger partial charge is 0.222 e. The lowest BCUT2D eigenvalue weighted by Gasteiger charge is -2.15. The Hall–Kier alpha value is -0.760. The van der Waals surface area contributed by atoms with Gasteiger partial charge in [0.25, 0.3) is 0 Å². The van der Waals surface area contributed by atoms with Crippen LogP contribution in [-0.4, -0.2) is 64.3 Å². The lowest BCUT2D eigenvalue weighted by Crippen LogP contribution is -2.35. The van der Waals surface area contributed by atoms with Crippen molar-refractivity contribution in [3.8, 4) is 0 Å². The number of rotatable bonds is 13. The zero-order valence-corrected chi connectivity index (χ0v) is 13.3. The zero-order chi connectivity index (χ0) is 16.1. The van der Waals surface area contributed by atoms with E-state index in [1.807, 2.05) is 6.92 Å². The highest BCUT2D eigenvalue weighted by molar-refractivity contribution is 5.77. The highest BCUT2D eigenvalue weighted by atomic mass is 19.1. The minimum atomic E-state index is -1.22. The molecule has 0 saturated carbocycles. The van der Waals surface area contributed by atoms with Crippen LogP contribution in [0.4, 0.5) is 4.39 Å². The molecule has 3 N–H and O–H groups in total. The Morgan fingerprint density at radius 3 is 2.48 bits per heavy atom. The van der Waals surface area contributed by atoms with Crippen LogP contribution in [-0.2, 0) is 19.0 Å². The molecule has 0 aliphatic carbocycles. The first-order chi connectivity index (χ1) is 9.97. The van der Waals surface area contributed by atoms with Gasteiger partial charge >= 0.3 is 0 Å². The number of hydrogen-bond acceptors (Lipinski definition) is 5. The molecular weight excluding hydrogens is 279 g/mol. The Balaban J connectivity index is 3.48. The third kappa shape index (κ3) is 12.7. The number of carbonyl (C=O) groups excluding carboxylic acids is 1. The predicted molar refractivity (Wildman–Crippen MR) is 78.9 cm³/mol. The molecule has 0 bridgehead atoms. The van der Waals surface area contributed by atoms with E-state index in [2.05, 4.69) is 5.32 Å². The summed E-state index contributed by atoms with van der Waals surface area (Å²) in [5.74, 6) is -0.306. The van der Waals surface area contributed by atoms with Crippen LogP contribution >= 0.6 is 0 Å². The van der Waals surface area contributed by atoms with Gasteiger partial charge in [-0.15, -0.1) is 0 Å². The van der Waals surface area contributed by atoms with Crippen LogP contribution in [0.1, 0.15) is 20.8 Å². The number of ether oxygens (including phenoxy) is 3. The summed E-state index contributed by atoms with van der Waals surface area (Å²) in [6, 6.07) is 0. The van der Waals surface area contributed by atoms with Crippen LogP contribution in [0.25, 0.3) is 0 Å². The Bertz CT molecular complexity index is 267. The predicted octanol–water partition coefficient (Wildman–Crippen LogP) is 0.494. The first kappa shape index (κ1) is 20.2. The second-order valence-corrected chi connectivity index (χ2v) is 5.12. The van der Waals surface area contributed by atoms with E-state index in [9.17, 15) is 9.18 Å². The van der Waals surface area contributed by atoms with E-state index < -0.39 is 6.17 Å². The maximum Gasteiger partial charge on any atom is 0.222 e. The van der Waals surface area contributed by atoms with Crippen molar-refractivity contribution in [2.75, 3.05) is 46.1 Å². The van der Waals surface area contributed by atoms with E-state index in [0.29, 0.717) is 33.0 Å². The Morgan fingerprint density at radius 2 is 1.86 bits per heavy atom. The molecule has 0 aromatic rings. The fourth-order valence-electron chi connectivity index (χ4n) is 1.38. The summed E-state index contributed by atoms with van der Waals surface area (Å²) in [6.07, 6.45) is -1.35. The molecule has 0 aliphatic heterocycles. The summed E-state index contributed by atoms with van der Waals surface area (Å²) in [5, 5.41) is 2.52. The van der Waals surface area contributed by atoms with Gasteiger partial charge in [-0.1, -0.05) is 13.8 Å². The van der Waals surface area contributed by atoms with Gasteiger partial charge in [0.2, 0.25) is 5.91 Å². The van der Waals surface area contributed by atoms with Crippen molar-refractivity contribution >= 4 is 5.91 Å². The number of nitrogens with one attached hydrogen (secondary N) is 1. The van der Waals surface area contributed by atoms with Gasteiger partial charge in [0, 0.05) is 12.5 Å². The molecule has 0 fully saturated rings. The highest BCUT2D eigenvalue weighted by Gasteiger charge is 2.12. The highest BCUT2D eigenvalue weighted by Crippen LogP contribution is 1.97. The van der Waals surface area contributed by atoms with Crippen molar-refractivity contribution in [2.24, 2.45) is 11.7 Å². The second kappa shape index (κ2) is 12.9. The van der Waals surface area contributed by atoms with E-state index >= 15 is 0 Å². The van der Waals surface area contributed by atoms with Crippen LogP contribution < -0.4 is 11.1 Å². The molecule has 2 atom stereocenters. The third-order valence-electron chi connectivity index (χ3n) is 2.57. The number of alkyl halides is 1. The monoisotopic (exact) mass is 308 g/mol. The van der Waals surface area contributed by atoms with Crippen LogP contribution in [0.3, 0.4) is 0 Å². The normalized spacial score (nSPS) is 14.2. The van der Waals surface area contributed by atoms with Crippen LogP contribution in [0.15, 0.2) is 0 Å². The average Bonchev–Trinajstić information content (AvgIpc) is 2.44. The first-order valence-corrected chi connectivity index (χ1v) is 7.36. The lowest BCUT2D eigenvalue weighted by atomic mass is 10.2. The van der Waals surface area contributed by atoms with Crippen LogP contribution in [0.2, 0.25) is 0 Å². The SMILES string of the molecule is CC(COCC(F)CNC(=O)C(C)C)OCCOCCN. The van der Waals surface area contributed by atoms with Gasteiger partial charge in [0.1, 0.15) is 6.17 Å². The molecule has 0 aliphatic rings. The first-order valence-electron chi connectivity index (χ1n) is 7.36. The van der Waals surface area contributed by atoms with Gasteiger partial charge in [-0.3, -0.25) is 4.79 Å². The zero-order valence-electron chi connectivity index (χ0n) is 13.3. The van der Waals surface area contributed by atoms with E-state index in [-0.39, 0.29) is 31.1 Å². The van der Waals surface area contributed by atoms with Gasteiger partial charge in [-0.05, 0) is 6.92 Å². The molecule has 1 amide bonds. The molecule has 7 heteroatoms. The molecule has 0 radical (unpaired) electrons. The number of amides is 1. The average molecular weight is 308 g/mol. The van der Waals surface area contributed by atoms with Gasteiger partial charge in [0.15, 0.2) is 0 Å². The summed E-state index contributed by atoms with van der Waals surface area (Å²) in [7, 11) is 0. The molecule has 0 heterocycles. The molecule has 21 heavy (non-hydrogen) atoms. The van der Waals surface area contributed by atoms with Crippen molar-refractivity contribution in [3.05, 3.63) is 0 Å². The molecule has 0 aromatic heterocycles. The van der Waals surface area contributed by atoms with E-state index in [0.717, 1.165) is 0 Å². The van der Waals surface area contributed by atoms with Crippen molar-refractivity contribution in [3.63, 3.8) is 0 Å². The number of hydrogen-bond donors (Lipinski definition) is 2. The van der Waals surface area contributed by atoms with Gasteiger partial charge < -0.3 is 25.3 Å². The van der Waals surface area contributed by atoms with Gasteiger partial charge in [-0.25, -0.2) is 4.39 Å². The Kier molecular flexibility index (Phi) is 12.5. The molecular formula is C14H29FN2O4. The maximum atomic E-state index is 13.5. The van der Waals surface area contributed by atoms with E-state index in [1.165, 1.54) is 0 Å². The molecule has 0 spiro atoms. The van der Waals surface area contributed by atoms with Crippen molar-refractivity contribution < 1.29 is 23.4 Å². The molecule has 126 valence electrons. The molecule has 6 nitrogen and oxygen atoms in total. The molecule has 0 rings (SSSR count). The Labute approximate surface area is 126 Å².